The van der Waals surface area contributed by atoms with Crippen molar-refractivity contribution in [3.05, 3.63) is 23.8 Å². The van der Waals surface area contributed by atoms with Crippen LogP contribution in [0, 0.1) is 0 Å². The molecule has 0 spiro atoms. The van der Waals surface area contributed by atoms with Crippen molar-refractivity contribution in [2.24, 2.45) is 4.99 Å². The summed E-state index contributed by atoms with van der Waals surface area (Å²) in [5.74, 6) is 1.65. The first-order chi connectivity index (χ1) is 10.7. The lowest BCUT2D eigenvalue weighted by Crippen LogP contribution is -2.38. The van der Waals surface area contributed by atoms with Crippen LogP contribution < -0.4 is 15.4 Å². The summed E-state index contributed by atoms with van der Waals surface area (Å²) in [6.07, 6.45) is 0.919. The number of nitrogens with zero attached hydrogens (tertiary/aromatic N) is 1. The van der Waals surface area contributed by atoms with Crippen LogP contribution in [-0.2, 0) is 11.3 Å². The fourth-order valence-corrected chi connectivity index (χ4v) is 1.85. The number of aliphatic imine (C=N–C) groups is 1. The Kier molecular flexibility index (Phi) is 12.5. The maximum Gasteiger partial charge on any atom is 0.191 e. The van der Waals surface area contributed by atoms with Gasteiger partial charge in [-0.1, -0.05) is 0 Å². The molecule has 0 heterocycles. The maximum absolute atomic E-state index is 9.86. The highest BCUT2D eigenvalue weighted by Crippen LogP contribution is 2.23. The summed E-state index contributed by atoms with van der Waals surface area (Å²) in [5, 5.41) is 16.3. The summed E-state index contributed by atoms with van der Waals surface area (Å²) in [4.78, 5) is 4.48. The highest BCUT2D eigenvalue weighted by atomic mass is 127. The van der Waals surface area contributed by atoms with Crippen LogP contribution in [0.1, 0.15) is 25.8 Å². The Morgan fingerprint density at radius 2 is 2.04 bits per heavy atom. The summed E-state index contributed by atoms with van der Waals surface area (Å²) in [5.41, 5.74) is 0.728. The monoisotopic (exact) mass is 437 g/mol. The second-order valence-electron chi connectivity index (χ2n) is 4.67. The first kappa shape index (κ1) is 21.8. The number of methoxy groups -OCH3 is 1. The zero-order valence-corrected chi connectivity index (χ0v) is 16.4. The molecule has 0 saturated carbocycles. The third kappa shape index (κ3) is 8.85. The van der Waals surface area contributed by atoms with Gasteiger partial charge in [0.15, 0.2) is 5.96 Å². The summed E-state index contributed by atoms with van der Waals surface area (Å²) < 4.78 is 10.5. The van der Waals surface area contributed by atoms with Crippen molar-refractivity contribution in [2.45, 2.75) is 26.8 Å². The first-order valence-electron chi connectivity index (χ1n) is 7.67. The second kappa shape index (κ2) is 13.2. The molecule has 1 aromatic carbocycles. The molecule has 0 aliphatic carbocycles. The van der Waals surface area contributed by atoms with E-state index in [4.69, 9.17) is 9.47 Å². The van der Waals surface area contributed by atoms with Crippen LogP contribution in [0.5, 0.6) is 11.5 Å². The van der Waals surface area contributed by atoms with E-state index < -0.39 is 0 Å². The number of hydrogen-bond acceptors (Lipinski definition) is 4. The predicted molar refractivity (Wildman–Crippen MR) is 104 cm³/mol. The van der Waals surface area contributed by atoms with Crippen molar-refractivity contribution in [1.82, 2.24) is 10.6 Å². The molecule has 0 aromatic heterocycles. The van der Waals surface area contributed by atoms with E-state index in [-0.39, 0.29) is 29.7 Å². The normalized spacial score (nSPS) is 10.8. The van der Waals surface area contributed by atoms with E-state index in [2.05, 4.69) is 15.6 Å². The number of halogens is 1. The van der Waals surface area contributed by atoms with E-state index in [0.29, 0.717) is 12.3 Å². The van der Waals surface area contributed by atoms with E-state index in [9.17, 15) is 5.11 Å². The molecule has 0 saturated heterocycles. The molecule has 0 radical (unpaired) electrons. The largest absolute Gasteiger partial charge is 0.508 e. The minimum absolute atomic E-state index is 0. The topological polar surface area (TPSA) is 75.1 Å². The molecule has 6 nitrogen and oxygen atoms in total. The molecule has 0 atom stereocenters. The van der Waals surface area contributed by atoms with Gasteiger partial charge in [0, 0.05) is 31.9 Å². The molecule has 0 amide bonds. The molecule has 0 aliphatic rings. The van der Waals surface area contributed by atoms with E-state index in [1.54, 1.807) is 25.3 Å². The lowest BCUT2D eigenvalue weighted by atomic mass is 10.2. The van der Waals surface area contributed by atoms with Crippen LogP contribution in [0.15, 0.2) is 23.2 Å². The predicted octanol–water partition coefficient (Wildman–Crippen LogP) is 2.50. The second-order valence-corrected chi connectivity index (χ2v) is 4.67. The van der Waals surface area contributed by atoms with Crippen molar-refractivity contribution in [3.8, 4) is 11.5 Å². The Bertz CT molecular complexity index is 470. The number of phenols is 1. The molecule has 0 bridgehead atoms. The minimum atomic E-state index is 0. The van der Waals surface area contributed by atoms with Crippen molar-refractivity contribution in [3.63, 3.8) is 0 Å². The Morgan fingerprint density at radius 3 is 2.70 bits per heavy atom. The average molecular weight is 437 g/mol. The molecule has 23 heavy (non-hydrogen) atoms. The SMILES string of the molecule is CCNC(=NCc1cc(OC)ccc1O)NCCCOCC.I. The van der Waals surface area contributed by atoms with Crippen molar-refractivity contribution in [2.75, 3.05) is 33.4 Å². The Balaban J connectivity index is 0.00000484. The summed E-state index contributed by atoms with van der Waals surface area (Å²) in [6.45, 7) is 7.42. The molecule has 3 N–H and O–H groups in total. The Morgan fingerprint density at radius 1 is 1.26 bits per heavy atom. The third-order valence-corrected chi connectivity index (χ3v) is 3.00. The number of guanidine groups is 1. The van der Waals surface area contributed by atoms with Gasteiger partial charge in [0.2, 0.25) is 0 Å². The van der Waals surface area contributed by atoms with E-state index in [0.717, 1.165) is 44.2 Å². The Hall–Kier alpha value is -1.22. The zero-order chi connectivity index (χ0) is 16.2. The van der Waals surface area contributed by atoms with Gasteiger partial charge in [0.25, 0.3) is 0 Å². The van der Waals surface area contributed by atoms with Crippen LogP contribution in [-0.4, -0.2) is 44.5 Å². The van der Waals surface area contributed by atoms with Crippen molar-refractivity contribution < 1.29 is 14.6 Å². The summed E-state index contributed by atoms with van der Waals surface area (Å²) in [6, 6.07) is 5.13. The van der Waals surface area contributed by atoms with E-state index in [1.807, 2.05) is 13.8 Å². The molecular weight excluding hydrogens is 409 g/mol. The van der Waals surface area contributed by atoms with Gasteiger partial charge in [-0.2, -0.15) is 0 Å². The number of benzene rings is 1. The third-order valence-electron chi connectivity index (χ3n) is 3.00. The van der Waals surface area contributed by atoms with Gasteiger partial charge in [-0.25, -0.2) is 4.99 Å². The van der Waals surface area contributed by atoms with Crippen LogP contribution in [0.3, 0.4) is 0 Å². The smallest absolute Gasteiger partial charge is 0.191 e. The number of ether oxygens (including phenoxy) is 2. The zero-order valence-electron chi connectivity index (χ0n) is 14.1. The minimum Gasteiger partial charge on any atom is -0.508 e. The molecule has 132 valence electrons. The average Bonchev–Trinajstić information content (AvgIpc) is 2.53. The number of hydrogen-bond donors (Lipinski definition) is 3. The van der Waals surface area contributed by atoms with Gasteiger partial charge >= 0.3 is 0 Å². The molecule has 7 heteroatoms. The fourth-order valence-electron chi connectivity index (χ4n) is 1.85. The van der Waals surface area contributed by atoms with Gasteiger partial charge in [-0.3, -0.25) is 0 Å². The molecular formula is C16H28IN3O3. The number of rotatable bonds is 9. The number of nitrogens with one attached hydrogen (secondary N) is 2. The van der Waals surface area contributed by atoms with E-state index in [1.165, 1.54) is 0 Å². The van der Waals surface area contributed by atoms with Crippen molar-refractivity contribution >= 4 is 29.9 Å². The Labute approximate surface area is 155 Å². The fraction of sp³-hybridized carbons (Fsp3) is 0.562. The lowest BCUT2D eigenvalue weighted by molar-refractivity contribution is 0.145. The lowest BCUT2D eigenvalue weighted by Gasteiger charge is -2.12. The number of phenolic OH excluding ortho intramolecular Hbond substituents is 1. The van der Waals surface area contributed by atoms with E-state index >= 15 is 0 Å². The van der Waals surface area contributed by atoms with Crippen LogP contribution in [0.25, 0.3) is 0 Å². The summed E-state index contributed by atoms with van der Waals surface area (Å²) in [7, 11) is 1.60. The molecule has 1 rings (SSSR count). The maximum atomic E-state index is 9.86. The van der Waals surface area contributed by atoms with Crippen LogP contribution in [0.4, 0.5) is 0 Å². The van der Waals surface area contributed by atoms with Crippen LogP contribution in [0.2, 0.25) is 0 Å². The highest BCUT2D eigenvalue weighted by molar-refractivity contribution is 14.0. The highest BCUT2D eigenvalue weighted by Gasteiger charge is 2.04. The molecule has 0 unspecified atom stereocenters. The van der Waals surface area contributed by atoms with Gasteiger partial charge in [0.05, 0.1) is 13.7 Å². The molecule has 0 aliphatic heterocycles. The van der Waals surface area contributed by atoms with Gasteiger partial charge < -0.3 is 25.2 Å². The number of aromatic hydroxyl groups is 1. The molecule has 1 aromatic rings. The van der Waals surface area contributed by atoms with Gasteiger partial charge in [0.1, 0.15) is 11.5 Å². The van der Waals surface area contributed by atoms with Gasteiger partial charge in [-0.15, -0.1) is 24.0 Å². The quantitative estimate of drug-likeness (QED) is 0.240. The van der Waals surface area contributed by atoms with Crippen molar-refractivity contribution in [1.29, 1.82) is 0 Å². The van der Waals surface area contributed by atoms with Crippen LogP contribution >= 0.6 is 24.0 Å². The standard InChI is InChI=1S/C16H27N3O3.HI/c1-4-17-16(18-9-6-10-22-5-2)19-12-13-11-14(21-3)7-8-15(13)20;/h7-8,11,20H,4-6,9-10,12H2,1-3H3,(H2,17,18,19);1H. The molecule has 0 fully saturated rings. The van der Waals surface area contributed by atoms with Gasteiger partial charge in [-0.05, 0) is 38.5 Å². The summed E-state index contributed by atoms with van der Waals surface area (Å²) >= 11 is 0. The first-order valence-corrected chi connectivity index (χ1v) is 7.67.